The zero-order valence-electron chi connectivity index (χ0n) is 10.1. The van der Waals surface area contributed by atoms with Crippen molar-refractivity contribution in [2.75, 3.05) is 25.7 Å². The summed E-state index contributed by atoms with van der Waals surface area (Å²) in [7, 11) is 2.61. The van der Waals surface area contributed by atoms with Gasteiger partial charge in [0.1, 0.15) is 5.03 Å². The van der Waals surface area contributed by atoms with Gasteiger partial charge >= 0.3 is 11.9 Å². The molecule has 7 heteroatoms. The molecule has 18 heavy (non-hydrogen) atoms. The molecule has 0 saturated carbocycles. The highest BCUT2D eigenvalue weighted by atomic mass is 32.2. The first-order valence-corrected chi connectivity index (χ1v) is 6.10. The third-order valence-electron chi connectivity index (χ3n) is 2.05. The monoisotopic (exact) mass is 270 g/mol. The zero-order chi connectivity index (χ0) is 13.5. The standard InChI is InChI=1S/C11H14N2O4S/c1-16-9(14)3-4-18-10-8(11(15)17-2)5-7(12)6-13-10/h5-6H,3-4,12H2,1-2H3. The Morgan fingerprint density at radius 1 is 1.39 bits per heavy atom. The van der Waals surface area contributed by atoms with E-state index in [2.05, 4.69) is 14.5 Å². The molecule has 1 heterocycles. The van der Waals surface area contributed by atoms with Crippen LogP contribution in [-0.2, 0) is 14.3 Å². The lowest BCUT2D eigenvalue weighted by molar-refractivity contribution is -0.140. The second-order valence-electron chi connectivity index (χ2n) is 3.29. The summed E-state index contributed by atoms with van der Waals surface area (Å²) >= 11 is 1.27. The fraction of sp³-hybridized carbons (Fsp3) is 0.364. The van der Waals surface area contributed by atoms with Crippen molar-refractivity contribution in [3.05, 3.63) is 17.8 Å². The van der Waals surface area contributed by atoms with E-state index in [0.29, 0.717) is 22.0 Å². The number of rotatable bonds is 5. The number of hydrogen-bond acceptors (Lipinski definition) is 7. The van der Waals surface area contributed by atoms with Gasteiger partial charge in [0.05, 0.1) is 38.1 Å². The second-order valence-corrected chi connectivity index (χ2v) is 4.37. The van der Waals surface area contributed by atoms with Crippen molar-refractivity contribution >= 4 is 29.4 Å². The van der Waals surface area contributed by atoms with Gasteiger partial charge in [0.2, 0.25) is 0 Å². The first kappa shape index (κ1) is 14.3. The average Bonchev–Trinajstić information content (AvgIpc) is 2.39. The first-order chi connectivity index (χ1) is 8.58. The minimum Gasteiger partial charge on any atom is -0.469 e. The van der Waals surface area contributed by atoms with E-state index in [1.165, 1.54) is 38.2 Å². The molecule has 0 atom stereocenters. The summed E-state index contributed by atoms with van der Waals surface area (Å²) in [5.41, 5.74) is 6.25. The minimum atomic E-state index is -0.504. The number of ether oxygens (including phenoxy) is 2. The van der Waals surface area contributed by atoms with Crippen molar-refractivity contribution in [2.45, 2.75) is 11.4 Å². The van der Waals surface area contributed by atoms with Crippen molar-refractivity contribution in [3.63, 3.8) is 0 Å². The SMILES string of the molecule is COC(=O)CCSc1ncc(N)cc1C(=O)OC. The van der Waals surface area contributed by atoms with E-state index in [4.69, 9.17) is 5.73 Å². The Balaban J connectivity index is 2.75. The van der Waals surface area contributed by atoms with Crippen LogP contribution in [0.2, 0.25) is 0 Å². The topological polar surface area (TPSA) is 91.5 Å². The number of nitrogen functional groups attached to an aromatic ring is 1. The van der Waals surface area contributed by atoms with E-state index in [1.54, 1.807) is 0 Å². The van der Waals surface area contributed by atoms with Crippen LogP contribution in [0.1, 0.15) is 16.8 Å². The van der Waals surface area contributed by atoms with Gasteiger partial charge in [-0.2, -0.15) is 0 Å². The van der Waals surface area contributed by atoms with Crippen molar-refractivity contribution in [1.82, 2.24) is 4.98 Å². The number of methoxy groups -OCH3 is 2. The van der Waals surface area contributed by atoms with Gasteiger partial charge in [-0.05, 0) is 6.07 Å². The molecule has 0 saturated heterocycles. The molecule has 98 valence electrons. The molecular formula is C11H14N2O4S. The Bertz CT molecular complexity index is 451. The van der Waals surface area contributed by atoms with Crippen LogP contribution in [0.3, 0.4) is 0 Å². The van der Waals surface area contributed by atoms with E-state index < -0.39 is 5.97 Å². The minimum absolute atomic E-state index is 0.244. The highest BCUT2D eigenvalue weighted by molar-refractivity contribution is 7.99. The lowest BCUT2D eigenvalue weighted by Crippen LogP contribution is -2.07. The third-order valence-corrected chi connectivity index (χ3v) is 3.06. The Morgan fingerprint density at radius 2 is 2.11 bits per heavy atom. The Hall–Kier alpha value is -1.76. The van der Waals surface area contributed by atoms with Gasteiger partial charge in [-0.25, -0.2) is 9.78 Å². The summed E-state index contributed by atoms with van der Waals surface area (Å²) in [5.74, 6) is -0.346. The van der Waals surface area contributed by atoms with Crippen LogP contribution in [0.15, 0.2) is 17.3 Å². The molecule has 0 aliphatic carbocycles. The highest BCUT2D eigenvalue weighted by Gasteiger charge is 2.14. The van der Waals surface area contributed by atoms with Crippen molar-refractivity contribution in [1.29, 1.82) is 0 Å². The number of hydrogen-bond donors (Lipinski definition) is 1. The Kier molecular flexibility index (Phi) is 5.44. The van der Waals surface area contributed by atoms with Gasteiger partial charge in [-0.1, -0.05) is 0 Å². The number of aromatic nitrogens is 1. The van der Waals surface area contributed by atoms with Gasteiger partial charge in [0, 0.05) is 5.75 Å². The molecule has 1 aromatic heterocycles. The molecule has 0 spiro atoms. The first-order valence-electron chi connectivity index (χ1n) is 5.12. The third kappa shape index (κ3) is 3.92. The molecule has 0 aliphatic rings. The summed E-state index contributed by atoms with van der Waals surface area (Å²) in [5, 5.41) is 0.486. The number of nitrogens with zero attached hydrogens (tertiary/aromatic N) is 1. The maximum absolute atomic E-state index is 11.5. The van der Waals surface area contributed by atoms with Crippen LogP contribution in [0.4, 0.5) is 5.69 Å². The van der Waals surface area contributed by atoms with Crippen LogP contribution in [-0.4, -0.2) is 36.9 Å². The van der Waals surface area contributed by atoms with E-state index in [1.807, 2.05) is 0 Å². The fourth-order valence-electron chi connectivity index (χ4n) is 1.17. The van der Waals surface area contributed by atoms with Crippen LogP contribution in [0.25, 0.3) is 0 Å². The molecule has 1 aromatic rings. The number of nitrogens with two attached hydrogens (primary N) is 1. The smallest absolute Gasteiger partial charge is 0.340 e. The molecule has 0 aromatic carbocycles. The lowest BCUT2D eigenvalue weighted by atomic mass is 10.3. The van der Waals surface area contributed by atoms with Crippen molar-refractivity contribution < 1.29 is 19.1 Å². The molecule has 0 fully saturated rings. The summed E-state index contributed by atoms with van der Waals surface area (Å²) in [6.45, 7) is 0. The van der Waals surface area contributed by atoms with E-state index in [9.17, 15) is 9.59 Å². The maximum Gasteiger partial charge on any atom is 0.340 e. The lowest BCUT2D eigenvalue weighted by Gasteiger charge is -2.07. The zero-order valence-corrected chi connectivity index (χ0v) is 11.0. The number of thioether (sulfide) groups is 1. The summed E-state index contributed by atoms with van der Waals surface area (Å²) in [4.78, 5) is 26.5. The van der Waals surface area contributed by atoms with E-state index >= 15 is 0 Å². The van der Waals surface area contributed by atoms with E-state index in [0.717, 1.165) is 0 Å². The van der Waals surface area contributed by atoms with Gasteiger partial charge < -0.3 is 15.2 Å². The molecule has 0 bridgehead atoms. The largest absolute Gasteiger partial charge is 0.469 e. The fourth-order valence-corrected chi connectivity index (χ4v) is 2.06. The van der Waals surface area contributed by atoms with Gasteiger partial charge in [-0.3, -0.25) is 4.79 Å². The Labute approximate surface area is 109 Å². The van der Waals surface area contributed by atoms with Crippen LogP contribution < -0.4 is 5.73 Å². The van der Waals surface area contributed by atoms with Gasteiger partial charge in [-0.15, -0.1) is 11.8 Å². The molecule has 0 amide bonds. The molecule has 1 rings (SSSR count). The molecule has 0 aliphatic heterocycles. The van der Waals surface area contributed by atoms with Crippen molar-refractivity contribution in [3.8, 4) is 0 Å². The van der Waals surface area contributed by atoms with Crippen LogP contribution >= 0.6 is 11.8 Å². The number of anilines is 1. The van der Waals surface area contributed by atoms with Crippen molar-refractivity contribution in [2.24, 2.45) is 0 Å². The maximum atomic E-state index is 11.5. The molecular weight excluding hydrogens is 256 g/mol. The molecule has 0 radical (unpaired) electrons. The van der Waals surface area contributed by atoms with E-state index in [-0.39, 0.29) is 12.4 Å². The average molecular weight is 270 g/mol. The summed E-state index contributed by atoms with van der Waals surface area (Å²) in [6.07, 6.45) is 1.70. The van der Waals surface area contributed by atoms with Gasteiger partial charge in [0.15, 0.2) is 0 Å². The van der Waals surface area contributed by atoms with Gasteiger partial charge in [0.25, 0.3) is 0 Å². The van der Waals surface area contributed by atoms with Crippen LogP contribution in [0, 0.1) is 0 Å². The predicted octanol–water partition coefficient (Wildman–Crippen LogP) is 1.11. The quantitative estimate of drug-likeness (QED) is 0.632. The Morgan fingerprint density at radius 3 is 2.72 bits per heavy atom. The molecule has 0 unspecified atom stereocenters. The number of pyridine rings is 1. The summed E-state index contributed by atoms with van der Waals surface area (Å²) < 4.78 is 9.16. The number of carbonyl (C=O) groups excluding carboxylic acids is 2. The summed E-state index contributed by atoms with van der Waals surface area (Å²) in [6, 6.07) is 1.50. The molecule has 6 nitrogen and oxygen atoms in total. The highest BCUT2D eigenvalue weighted by Crippen LogP contribution is 2.23. The number of carbonyl (C=O) groups is 2. The normalized spacial score (nSPS) is 9.89. The molecule has 2 N–H and O–H groups in total. The predicted molar refractivity (Wildman–Crippen MR) is 67.3 cm³/mol. The van der Waals surface area contributed by atoms with Crippen LogP contribution in [0.5, 0.6) is 0 Å². The number of esters is 2. The second kappa shape index (κ2) is 6.85.